The fraction of sp³-hybridized carbons (Fsp3) is 0.900. The van der Waals surface area contributed by atoms with E-state index in [1.165, 1.54) is 0 Å². The zero-order valence-corrected chi connectivity index (χ0v) is 9.22. The molecule has 0 aromatic carbocycles. The molecule has 0 saturated carbocycles. The van der Waals surface area contributed by atoms with Gasteiger partial charge in [-0.15, -0.1) is 0 Å². The van der Waals surface area contributed by atoms with Crippen molar-refractivity contribution in [3.63, 3.8) is 0 Å². The van der Waals surface area contributed by atoms with Gasteiger partial charge in [0.2, 0.25) is 0 Å². The van der Waals surface area contributed by atoms with Crippen molar-refractivity contribution in [2.24, 2.45) is 5.92 Å². The fourth-order valence-electron chi connectivity index (χ4n) is 1.80. The number of rotatable bonds is 5. The Hall–Kier alpha value is -0.650. The zero-order chi connectivity index (χ0) is 11.3. The zero-order valence-electron chi connectivity index (χ0n) is 9.22. The maximum atomic E-state index is 10.7. The first kappa shape index (κ1) is 12.4. The number of nitrogens with zero attached hydrogens (tertiary/aromatic N) is 2. The molecule has 5 heteroatoms. The van der Waals surface area contributed by atoms with Crippen molar-refractivity contribution in [2.75, 3.05) is 45.9 Å². The molecule has 0 spiro atoms. The summed E-state index contributed by atoms with van der Waals surface area (Å²) in [7, 11) is 0. The standard InChI is InChI=1S/C10H20N2O3/c1-9(10(14)15)8-12-4-2-11(3-5-12)6-7-13/h9,13H,2-8H2,1H3,(H,14,15). The lowest BCUT2D eigenvalue weighted by Crippen LogP contribution is -2.48. The number of β-amino-alcohol motifs (C(OH)–C–C–N with tert-alkyl or cyclic N) is 1. The summed E-state index contributed by atoms with van der Waals surface area (Å²) in [5.41, 5.74) is 0. The average Bonchev–Trinajstić information content (AvgIpc) is 2.21. The molecule has 1 unspecified atom stereocenters. The van der Waals surface area contributed by atoms with Crippen molar-refractivity contribution in [1.82, 2.24) is 9.80 Å². The predicted molar refractivity (Wildman–Crippen MR) is 56.8 cm³/mol. The van der Waals surface area contributed by atoms with Crippen LogP contribution in [0.15, 0.2) is 0 Å². The molecule has 0 radical (unpaired) electrons. The van der Waals surface area contributed by atoms with Crippen LogP contribution >= 0.6 is 0 Å². The van der Waals surface area contributed by atoms with Gasteiger partial charge in [0.1, 0.15) is 0 Å². The molecular formula is C10H20N2O3. The Kier molecular flexibility index (Phi) is 5.01. The van der Waals surface area contributed by atoms with E-state index in [0.717, 1.165) is 32.7 Å². The minimum absolute atomic E-state index is 0.200. The Morgan fingerprint density at radius 2 is 1.80 bits per heavy atom. The first-order valence-electron chi connectivity index (χ1n) is 5.42. The number of aliphatic hydroxyl groups excluding tert-OH is 1. The number of hydrogen-bond donors (Lipinski definition) is 2. The minimum Gasteiger partial charge on any atom is -0.481 e. The van der Waals surface area contributed by atoms with E-state index in [2.05, 4.69) is 9.80 Å². The second-order valence-electron chi connectivity index (χ2n) is 4.11. The lowest BCUT2D eigenvalue weighted by atomic mass is 10.1. The number of carbonyl (C=O) groups is 1. The lowest BCUT2D eigenvalue weighted by molar-refractivity contribution is -0.141. The molecule has 0 amide bonds. The number of aliphatic hydroxyl groups is 1. The Labute approximate surface area is 90.3 Å². The van der Waals surface area contributed by atoms with Gasteiger partial charge in [-0.1, -0.05) is 6.92 Å². The normalized spacial score (nSPS) is 21.5. The molecule has 88 valence electrons. The van der Waals surface area contributed by atoms with Crippen LogP contribution in [0.2, 0.25) is 0 Å². The van der Waals surface area contributed by atoms with Crippen molar-refractivity contribution in [2.45, 2.75) is 6.92 Å². The lowest BCUT2D eigenvalue weighted by Gasteiger charge is -2.34. The van der Waals surface area contributed by atoms with E-state index in [-0.39, 0.29) is 12.5 Å². The van der Waals surface area contributed by atoms with Crippen LogP contribution in [0.25, 0.3) is 0 Å². The number of carboxylic acid groups (broad SMARTS) is 1. The van der Waals surface area contributed by atoms with E-state index in [1.54, 1.807) is 6.92 Å². The highest BCUT2D eigenvalue weighted by atomic mass is 16.4. The van der Waals surface area contributed by atoms with Gasteiger partial charge in [0.25, 0.3) is 0 Å². The molecule has 0 aromatic rings. The highest BCUT2D eigenvalue weighted by Crippen LogP contribution is 2.05. The molecule has 1 atom stereocenters. The third kappa shape index (κ3) is 4.15. The third-order valence-electron chi connectivity index (χ3n) is 2.83. The van der Waals surface area contributed by atoms with E-state index in [1.807, 2.05) is 0 Å². The summed E-state index contributed by atoms with van der Waals surface area (Å²) in [6.07, 6.45) is 0. The van der Waals surface area contributed by atoms with Gasteiger partial charge < -0.3 is 10.2 Å². The predicted octanol–water partition coefficient (Wildman–Crippen LogP) is -0.683. The molecule has 0 bridgehead atoms. The van der Waals surface area contributed by atoms with Gasteiger partial charge >= 0.3 is 5.97 Å². The molecule has 0 aromatic heterocycles. The smallest absolute Gasteiger partial charge is 0.307 e. The van der Waals surface area contributed by atoms with E-state index >= 15 is 0 Å². The first-order chi connectivity index (χ1) is 7.13. The summed E-state index contributed by atoms with van der Waals surface area (Å²) in [6, 6.07) is 0. The van der Waals surface area contributed by atoms with Crippen LogP contribution in [-0.4, -0.2) is 71.9 Å². The van der Waals surface area contributed by atoms with Crippen LogP contribution in [0.5, 0.6) is 0 Å². The Bertz CT molecular complexity index is 203. The van der Waals surface area contributed by atoms with Gasteiger partial charge in [0, 0.05) is 39.3 Å². The summed E-state index contributed by atoms with van der Waals surface area (Å²) in [6.45, 7) is 6.94. The van der Waals surface area contributed by atoms with Crippen molar-refractivity contribution in [3.8, 4) is 0 Å². The van der Waals surface area contributed by atoms with Crippen LogP contribution < -0.4 is 0 Å². The van der Waals surface area contributed by atoms with E-state index in [9.17, 15) is 4.79 Å². The molecule has 15 heavy (non-hydrogen) atoms. The maximum Gasteiger partial charge on any atom is 0.307 e. The molecule has 1 heterocycles. The van der Waals surface area contributed by atoms with Crippen LogP contribution in [-0.2, 0) is 4.79 Å². The Morgan fingerprint density at radius 3 is 2.27 bits per heavy atom. The van der Waals surface area contributed by atoms with Crippen LogP contribution in [0.3, 0.4) is 0 Å². The van der Waals surface area contributed by atoms with E-state index < -0.39 is 5.97 Å². The summed E-state index contributed by atoms with van der Waals surface area (Å²) in [5.74, 6) is -1.03. The molecule has 2 N–H and O–H groups in total. The van der Waals surface area contributed by atoms with Crippen molar-refractivity contribution in [3.05, 3.63) is 0 Å². The second-order valence-corrected chi connectivity index (χ2v) is 4.11. The quantitative estimate of drug-likeness (QED) is 0.637. The van der Waals surface area contributed by atoms with E-state index in [4.69, 9.17) is 10.2 Å². The highest BCUT2D eigenvalue weighted by molar-refractivity contribution is 5.69. The fourth-order valence-corrected chi connectivity index (χ4v) is 1.80. The average molecular weight is 216 g/mol. The molecule has 0 aliphatic carbocycles. The van der Waals surface area contributed by atoms with Gasteiger partial charge in [-0.05, 0) is 0 Å². The highest BCUT2D eigenvalue weighted by Gasteiger charge is 2.20. The molecule has 1 aliphatic rings. The number of hydrogen-bond acceptors (Lipinski definition) is 4. The largest absolute Gasteiger partial charge is 0.481 e. The third-order valence-corrected chi connectivity index (χ3v) is 2.83. The van der Waals surface area contributed by atoms with Crippen molar-refractivity contribution in [1.29, 1.82) is 0 Å². The summed E-state index contributed by atoms with van der Waals surface area (Å²) in [4.78, 5) is 15.0. The SMILES string of the molecule is CC(CN1CCN(CCO)CC1)C(=O)O. The number of aliphatic carboxylic acids is 1. The topological polar surface area (TPSA) is 64.0 Å². The summed E-state index contributed by atoms with van der Waals surface area (Å²) >= 11 is 0. The second kappa shape index (κ2) is 6.05. The Morgan fingerprint density at radius 1 is 1.27 bits per heavy atom. The Balaban J connectivity index is 2.22. The van der Waals surface area contributed by atoms with E-state index in [0.29, 0.717) is 6.54 Å². The van der Waals surface area contributed by atoms with Gasteiger partial charge in [0.15, 0.2) is 0 Å². The van der Waals surface area contributed by atoms with Gasteiger partial charge in [-0.2, -0.15) is 0 Å². The molecular weight excluding hydrogens is 196 g/mol. The van der Waals surface area contributed by atoms with Gasteiger partial charge in [0.05, 0.1) is 12.5 Å². The monoisotopic (exact) mass is 216 g/mol. The van der Waals surface area contributed by atoms with Crippen LogP contribution in [0, 0.1) is 5.92 Å². The van der Waals surface area contributed by atoms with Crippen molar-refractivity contribution >= 4 is 5.97 Å². The minimum atomic E-state index is -0.729. The van der Waals surface area contributed by atoms with Gasteiger partial charge in [-0.25, -0.2) is 0 Å². The summed E-state index contributed by atoms with van der Waals surface area (Å²) in [5, 5.41) is 17.5. The maximum absolute atomic E-state index is 10.7. The van der Waals surface area contributed by atoms with Crippen molar-refractivity contribution < 1.29 is 15.0 Å². The molecule has 1 rings (SSSR count). The van der Waals surface area contributed by atoms with Crippen LogP contribution in [0.1, 0.15) is 6.92 Å². The molecule has 1 aliphatic heterocycles. The molecule has 1 saturated heterocycles. The number of carboxylic acids is 1. The first-order valence-corrected chi connectivity index (χ1v) is 5.42. The number of piperazine rings is 1. The van der Waals surface area contributed by atoms with Crippen LogP contribution in [0.4, 0.5) is 0 Å². The van der Waals surface area contributed by atoms with Gasteiger partial charge in [-0.3, -0.25) is 14.6 Å². The molecule has 1 fully saturated rings. The molecule has 5 nitrogen and oxygen atoms in total. The summed E-state index contributed by atoms with van der Waals surface area (Å²) < 4.78 is 0.